The van der Waals surface area contributed by atoms with Gasteiger partial charge in [0, 0.05) is 0 Å². The van der Waals surface area contributed by atoms with Gasteiger partial charge in [-0.2, -0.15) is 0 Å². The van der Waals surface area contributed by atoms with Crippen molar-refractivity contribution in [2.24, 2.45) is 0 Å². The van der Waals surface area contributed by atoms with E-state index in [0.29, 0.717) is 11.5 Å². The second kappa shape index (κ2) is 15.0. The predicted molar refractivity (Wildman–Crippen MR) is 180 cm³/mol. The normalized spacial score (nSPS) is 13.4. The van der Waals surface area contributed by atoms with Crippen LogP contribution in [-0.2, 0) is 20.2 Å². The van der Waals surface area contributed by atoms with Crippen LogP contribution < -0.4 is 9.47 Å². The molecule has 3 aromatic rings. The van der Waals surface area contributed by atoms with Crippen LogP contribution >= 0.6 is 7.21 Å². The summed E-state index contributed by atoms with van der Waals surface area (Å²) in [5, 5.41) is 9.25. The van der Waals surface area contributed by atoms with Crippen molar-refractivity contribution in [3.63, 3.8) is 0 Å². The van der Waals surface area contributed by atoms with Crippen LogP contribution in [0, 0.1) is 11.3 Å². The van der Waals surface area contributed by atoms with E-state index in [1.54, 1.807) is 18.9 Å². The van der Waals surface area contributed by atoms with Gasteiger partial charge in [0.1, 0.15) is 0 Å². The Morgan fingerprint density at radius 3 is 1.67 bits per heavy atom. The molecule has 0 aromatic heterocycles. The van der Waals surface area contributed by atoms with Gasteiger partial charge in [-0.15, -0.1) is 0 Å². The topological polar surface area (TPSA) is 129 Å². The Morgan fingerprint density at radius 1 is 0.778 bits per heavy atom. The summed E-state index contributed by atoms with van der Waals surface area (Å²) in [6.45, 7) is 7.18. The third-order valence-electron chi connectivity index (χ3n) is 8.02. The molecule has 0 radical (unpaired) electrons. The zero-order valence-corrected chi connectivity index (χ0v) is 28.8. The van der Waals surface area contributed by atoms with E-state index in [1.807, 2.05) is 113 Å². The van der Waals surface area contributed by atoms with E-state index in [1.165, 1.54) is 0 Å². The molecule has 0 aliphatic heterocycles. The molecule has 11 heteroatoms. The summed E-state index contributed by atoms with van der Waals surface area (Å²) >= 11 is 0. The second-order valence-corrected chi connectivity index (χ2v) is 18.1. The van der Waals surface area contributed by atoms with E-state index < -0.39 is 28.4 Å². The van der Waals surface area contributed by atoms with Gasteiger partial charge in [0.25, 0.3) is 0 Å². The molecule has 0 unspecified atom stereocenters. The molecule has 0 saturated carbocycles. The number of ether oxygens (including phenoxy) is 3. The van der Waals surface area contributed by atoms with Gasteiger partial charge < -0.3 is 0 Å². The first-order chi connectivity index (χ1) is 21.2. The Morgan fingerprint density at radius 2 is 1.24 bits per heavy atom. The summed E-state index contributed by atoms with van der Waals surface area (Å²) in [6, 6.07) is 26.0. The molecule has 0 fully saturated rings. The molecule has 0 bridgehead atoms. The monoisotopic (exact) mass is 658 g/mol. The molecule has 3 rings (SSSR count). The van der Waals surface area contributed by atoms with Crippen LogP contribution in [0.1, 0.15) is 50.8 Å². The van der Waals surface area contributed by atoms with E-state index in [-0.39, 0.29) is 43.2 Å². The van der Waals surface area contributed by atoms with Crippen molar-refractivity contribution >= 4 is 17.0 Å². The van der Waals surface area contributed by atoms with Crippen LogP contribution in [0.3, 0.4) is 0 Å². The third kappa shape index (κ3) is 8.62. The van der Waals surface area contributed by atoms with Crippen molar-refractivity contribution in [1.29, 1.82) is 5.26 Å². The fourth-order valence-corrected chi connectivity index (χ4v) is 12.6. The number of benzene rings is 3. The number of hydrogen-bond donors (Lipinski definition) is 2. The third-order valence-corrected chi connectivity index (χ3v) is 14.2. The molecule has 0 atom stereocenters. The van der Waals surface area contributed by atoms with Gasteiger partial charge in [-0.1, -0.05) is 0 Å². The molecule has 3 aromatic carbocycles. The average molecular weight is 659 g/mol. The molecule has 0 saturated heterocycles. The summed E-state index contributed by atoms with van der Waals surface area (Å²) in [5.74, 6) is 0.537. The number of nitrogens with zero attached hydrogens (tertiary/aromatic N) is 2. The molecule has 0 spiro atoms. The molecule has 2 N–H and O–H groups in total. The van der Waals surface area contributed by atoms with E-state index in [0.717, 1.165) is 16.7 Å². The van der Waals surface area contributed by atoms with Crippen LogP contribution in [0.25, 0.3) is 0 Å². The summed E-state index contributed by atoms with van der Waals surface area (Å²) in [4.78, 5) is 23.6. The quantitative estimate of drug-likeness (QED) is 0.138. The van der Waals surface area contributed by atoms with Crippen molar-refractivity contribution in [3.05, 3.63) is 95.6 Å². The molecule has 246 valence electrons. The van der Waals surface area contributed by atoms with Crippen molar-refractivity contribution in [3.8, 4) is 17.6 Å². The van der Waals surface area contributed by atoms with E-state index in [4.69, 9.17) is 14.2 Å². The maximum atomic E-state index is 13.5. The van der Waals surface area contributed by atoms with Crippen molar-refractivity contribution in [1.82, 2.24) is 4.67 Å². The Bertz CT molecular complexity index is 1470. The number of rotatable bonds is 17. The number of methoxy groups -OCH3 is 2. The molecule has 9 nitrogen and oxygen atoms in total. The van der Waals surface area contributed by atoms with Crippen molar-refractivity contribution in [2.75, 3.05) is 44.7 Å². The van der Waals surface area contributed by atoms with Gasteiger partial charge in [-0.05, 0) is 0 Å². The molecular formula is C34H47N2O7PS. The summed E-state index contributed by atoms with van der Waals surface area (Å²) in [5.41, 5.74) is 1.17. The van der Waals surface area contributed by atoms with Crippen LogP contribution in [0.15, 0.2) is 78.9 Å². The maximum absolute atomic E-state index is 13.5. The van der Waals surface area contributed by atoms with Crippen molar-refractivity contribution < 1.29 is 32.4 Å². The number of hydrogen-bond acceptors (Lipinski definition) is 9. The first-order valence-electron chi connectivity index (χ1n) is 15.1. The van der Waals surface area contributed by atoms with Crippen LogP contribution in [0.2, 0.25) is 0 Å². The summed E-state index contributed by atoms with van der Waals surface area (Å²) in [6.07, 6.45) is -0.628. The van der Waals surface area contributed by atoms with Gasteiger partial charge >= 0.3 is 255 Å². The molecule has 0 aliphatic carbocycles. The van der Waals surface area contributed by atoms with Gasteiger partial charge in [0.2, 0.25) is 0 Å². The fraction of sp³-hybridized carbons (Fsp3) is 0.441. The van der Waals surface area contributed by atoms with Crippen LogP contribution in [0.5, 0.6) is 11.5 Å². The van der Waals surface area contributed by atoms with Crippen LogP contribution in [-0.4, -0.2) is 79.6 Å². The van der Waals surface area contributed by atoms with Gasteiger partial charge in [-0.3, -0.25) is 0 Å². The molecule has 0 aliphatic rings. The summed E-state index contributed by atoms with van der Waals surface area (Å²) in [7, 11) is -5.36. The Kier molecular flexibility index (Phi) is 12.2. The SMILES string of the molecule is COc1ccc(C(OCCS(=O)(=O)CCP(O)(O)(CCC#N)N(C(C)C)C(C)C)(c2ccccc2)c2ccc(OC)cc2)cc1. The van der Waals surface area contributed by atoms with E-state index in [9.17, 15) is 23.5 Å². The van der Waals surface area contributed by atoms with Gasteiger partial charge in [0.05, 0.1) is 14.2 Å². The zero-order valence-electron chi connectivity index (χ0n) is 27.1. The van der Waals surface area contributed by atoms with Gasteiger partial charge in [0.15, 0.2) is 0 Å². The summed E-state index contributed by atoms with van der Waals surface area (Å²) < 4.78 is 46.1. The number of nitriles is 1. The minimum atomic E-state index is -4.72. The Labute approximate surface area is 268 Å². The molecule has 0 heterocycles. The molecule has 45 heavy (non-hydrogen) atoms. The fourth-order valence-electron chi connectivity index (χ4n) is 6.11. The van der Waals surface area contributed by atoms with Gasteiger partial charge in [-0.25, -0.2) is 0 Å². The minimum absolute atomic E-state index is 0.0900. The standard InChI is InChI=1S/C34H47N2O7PS/c1-27(2)36(28(3)4)44(37,38,23-10-21-35)24-26-45(39,40)25-22-43-34(29-11-8-7-9-12-29,30-13-17-32(41-5)18-14-30)31-15-19-33(42-6)20-16-31/h7-9,11-20,27-28,37-38H,10,22-26H2,1-6H3. The Hall–Kier alpha value is -3.03. The predicted octanol–water partition coefficient (Wildman–Crippen LogP) is 5.74. The second-order valence-electron chi connectivity index (χ2n) is 11.8. The first kappa shape index (κ1) is 36.4. The molecular weight excluding hydrogens is 611 g/mol. The number of sulfone groups is 1. The zero-order chi connectivity index (χ0) is 33.3. The first-order valence-corrected chi connectivity index (χ1v) is 19.4. The van der Waals surface area contributed by atoms with E-state index in [2.05, 4.69) is 0 Å². The Balaban J connectivity index is 1.98. The molecule has 0 amide bonds. The average Bonchev–Trinajstić information content (AvgIpc) is 3.02. The van der Waals surface area contributed by atoms with E-state index >= 15 is 0 Å². The van der Waals surface area contributed by atoms with Crippen LogP contribution in [0.4, 0.5) is 0 Å². The van der Waals surface area contributed by atoms with Crippen molar-refractivity contribution in [2.45, 2.75) is 51.8 Å².